The second-order valence-corrected chi connectivity index (χ2v) is 8.30. The summed E-state index contributed by atoms with van der Waals surface area (Å²) in [4.78, 5) is 27.9. The van der Waals surface area contributed by atoms with Gasteiger partial charge in [-0.2, -0.15) is 0 Å². The van der Waals surface area contributed by atoms with Crippen LogP contribution in [0.15, 0.2) is 72.1 Å². The predicted octanol–water partition coefficient (Wildman–Crippen LogP) is 5.26. The molecule has 166 valence electrons. The summed E-state index contributed by atoms with van der Waals surface area (Å²) < 4.78 is 5.26. The molecule has 2 amide bonds. The van der Waals surface area contributed by atoms with Gasteiger partial charge in [0.25, 0.3) is 0 Å². The van der Waals surface area contributed by atoms with Gasteiger partial charge in [0.1, 0.15) is 5.75 Å². The van der Waals surface area contributed by atoms with Crippen molar-refractivity contribution in [2.45, 2.75) is 13.5 Å². The van der Waals surface area contributed by atoms with E-state index >= 15 is 0 Å². The van der Waals surface area contributed by atoms with Crippen molar-refractivity contribution in [3.05, 3.63) is 83.2 Å². The number of methoxy groups -OCH3 is 1. The molecule has 1 aromatic heterocycles. The lowest BCUT2D eigenvalue weighted by Gasteiger charge is -2.03. The van der Waals surface area contributed by atoms with Gasteiger partial charge in [0, 0.05) is 30.5 Å². The van der Waals surface area contributed by atoms with E-state index in [4.69, 9.17) is 4.74 Å². The van der Waals surface area contributed by atoms with Crippen LogP contribution in [0.1, 0.15) is 18.1 Å². The third kappa shape index (κ3) is 5.84. The van der Waals surface area contributed by atoms with Crippen LogP contribution >= 0.6 is 11.3 Å². The Morgan fingerprint density at radius 3 is 2.55 bits per heavy atom. The van der Waals surface area contributed by atoms with Crippen LogP contribution in [0.3, 0.4) is 0 Å². The Morgan fingerprint density at radius 1 is 1.03 bits per heavy atom. The average molecular weight is 458 g/mol. The first-order valence-corrected chi connectivity index (χ1v) is 11.2. The molecule has 4 rings (SSSR count). The molecule has 0 radical (unpaired) electrons. The molecule has 1 heterocycles. The highest BCUT2D eigenvalue weighted by atomic mass is 32.1. The number of hydrogen-bond acceptors (Lipinski definition) is 5. The lowest BCUT2D eigenvalue weighted by Crippen LogP contribution is -2.18. The topological polar surface area (TPSA) is 80.3 Å². The minimum Gasteiger partial charge on any atom is -0.497 e. The molecule has 7 heteroatoms. The zero-order valence-corrected chi connectivity index (χ0v) is 19.1. The number of ether oxygens (including phenoxy) is 1. The summed E-state index contributed by atoms with van der Waals surface area (Å²) in [5.41, 5.74) is 3.68. The molecule has 0 aliphatic carbocycles. The number of anilines is 1. The lowest BCUT2D eigenvalue weighted by molar-refractivity contribution is -0.119. The largest absolute Gasteiger partial charge is 0.497 e. The van der Waals surface area contributed by atoms with Gasteiger partial charge in [-0.05, 0) is 46.2 Å². The van der Waals surface area contributed by atoms with Gasteiger partial charge in [-0.3, -0.25) is 14.9 Å². The number of hydrogen-bond donors (Lipinski definition) is 2. The van der Waals surface area contributed by atoms with Gasteiger partial charge in [-0.1, -0.05) is 42.5 Å². The number of rotatable bonds is 7. The highest BCUT2D eigenvalue weighted by molar-refractivity contribution is 7.14. The van der Waals surface area contributed by atoms with Crippen LogP contribution in [-0.4, -0.2) is 23.9 Å². The second kappa shape index (κ2) is 10.1. The summed E-state index contributed by atoms with van der Waals surface area (Å²) >= 11 is 1.37. The zero-order valence-electron chi connectivity index (χ0n) is 18.3. The van der Waals surface area contributed by atoms with E-state index in [1.165, 1.54) is 24.3 Å². The summed E-state index contributed by atoms with van der Waals surface area (Å²) in [6, 6.07) is 19.7. The van der Waals surface area contributed by atoms with Crippen molar-refractivity contribution in [3.63, 3.8) is 0 Å². The van der Waals surface area contributed by atoms with Gasteiger partial charge in [-0.15, -0.1) is 11.3 Å². The van der Waals surface area contributed by atoms with Crippen LogP contribution in [0.25, 0.3) is 28.1 Å². The fraction of sp³-hybridized carbons (Fsp3) is 0.115. The van der Waals surface area contributed by atoms with Crippen LogP contribution in [0.5, 0.6) is 5.75 Å². The number of benzene rings is 3. The van der Waals surface area contributed by atoms with E-state index in [2.05, 4.69) is 15.6 Å². The predicted molar refractivity (Wildman–Crippen MR) is 133 cm³/mol. The lowest BCUT2D eigenvalue weighted by atomic mass is 10.1. The Hall–Kier alpha value is -3.97. The molecule has 0 bridgehead atoms. The molecule has 0 atom stereocenters. The summed E-state index contributed by atoms with van der Waals surface area (Å²) in [6.45, 7) is 1.99. The number of carbonyl (C=O) groups excluding carboxylic acids is 2. The van der Waals surface area contributed by atoms with Crippen molar-refractivity contribution in [2.75, 3.05) is 12.4 Å². The summed E-state index contributed by atoms with van der Waals surface area (Å²) in [5.74, 6) is 0.514. The molecule has 33 heavy (non-hydrogen) atoms. The first-order chi connectivity index (χ1) is 16.0. The van der Waals surface area contributed by atoms with Crippen molar-refractivity contribution < 1.29 is 14.3 Å². The minimum atomic E-state index is -0.239. The highest BCUT2D eigenvalue weighted by Crippen LogP contribution is 2.25. The monoisotopic (exact) mass is 457 g/mol. The third-order valence-corrected chi connectivity index (χ3v) is 5.78. The van der Waals surface area contributed by atoms with E-state index in [0.717, 1.165) is 38.9 Å². The number of amides is 2. The fourth-order valence-electron chi connectivity index (χ4n) is 3.28. The first-order valence-electron chi connectivity index (χ1n) is 10.4. The fourth-order valence-corrected chi connectivity index (χ4v) is 4.00. The molecule has 0 saturated heterocycles. The summed E-state index contributed by atoms with van der Waals surface area (Å²) in [6.07, 6.45) is 3.28. The van der Waals surface area contributed by atoms with Crippen molar-refractivity contribution in [1.29, 1.82) is 0 Å². The SMILES string of the molecule is COc1ccc2cc(/C=C/C(=O)Nc3nc(-c4ccc(CNC(C)=O)cc4)cs3)ccc2c1. The molecule has 0 aliphatic rings. The Bertz CT molecular complexity index is 1330. The quantitative estimate of drug-likeness (QED) is 0.371. The Balaban J connectivity index is 1.38. The van der Waals surface area contributed by atoms with E-state index in [1.54, 1.807) is 13.2 Å². The molecular weight excluding hydrogens is 434 g/mol. The first kappa shape index (κ1) is 22.2. The average Bonchev–Trinajstić information content (AvgIpc) is 3.29. The van der Waals surface area contributed by atoms with Gasteiger partial charge in [0.15, 0.2) is 5.13 Å². The van der Waals surface area contributed by atoms with Gasteiger partial charge < -0.3 is 10.1 Å². The van der Waals surface area contributed by atoms with Gasteiger partial charge >= 0.3 is 0 Å². The van der Waals surface area contributed by atoms with Gasteiger partial charge in [0.2, 0.25) is 11.8 Å². The van der Waals surface area contributed by atoms with E-state index in [1.807, 2.05) is 66.0 Å². The number of carbonyl (C=O) groups is 2. The number of aromatic nitrogens is 1. The van der Waals surface area contributed by atoms with Gasteiger partial charge in [0.05, 0.1) is 12.8 Å². The number of fused-ring (bicyclic) bond motifs is 1. The Labute approximate surface area is 195 Å². The van der Waals surface area contributed by atoms with Crippen molar-refractivity contribution in [3.8, 4) is 17.0 Å². The minimum absolute atomic E-state index is 0.0608. The van der Waals surface area contributed by atoms with Crippen LogP contribution in [-0.2, 0) is 16.1 Å². The molecular formula is C26H23N3O3S. The highest BCUT2D eigenvalue weighted by Gasteiger charge is 2.07. The molecule has 0 saturated carbocycles. The standard InChI is InChI=1S/C26H23N3O3S/c1-17(30)27-15-19-4-7-20(8-5-19)24-16-33-26(28-24)29-25(31)12-6-18-3-9-22-14-23(32-2)11-10-21(22)13-18/h3-14,16H,15H2,1-2H3,(H,27,30)(H,28,29,31)/b12-6+. The molecule has 3 aromatic carbocycles. The van der Waals surface area contributed by atoms with Gasteiger partial charge in [-0.25, -0.2) is 4.98 Å². The molecule has 6 nitrogen and oxygen atoms in total. The zero-order chi connectivity index (χ0) is 23.2. The van der Waals surface area contributed by atoms with Crippen molar-refractivity contribution >= 4 is 45.1 Å². The maximum Gasteiger partial charge on any atom is 0.250 e. The normalized spacial score (nSPS) is 11.0. The number of nitrogens with zero attached hydrogens (tertiary/aromatic N) is 1. The van der Waals surface area contributed by atoms with Crippen molar-refractivity contribution in [2.24, 2.45) is 0 Å². The number of nitrogens with one attached hydrogen (secondary N) is 2. The molecule has 0 fully saturated rings. The van der Waals surface area contributed by atoms with Crippen LogP contribution in [0.4, 0.5) is 5.13 Å². The smallest absolute Gasteiger partial charge is 0.250 e. The number of thiazole rings is 1. The molecule has 0 aliphatic heterocycles. The second-order valence-electron chi connectivity index (χ2n) is 7.44. The van der Waals surface area contributed by atoms with Crippen molar-refractivity contribution in [1.82, 2.24) is 10.3 Å². The molecule has 2 N–H and O–H groups in total. The van der Waals surface area contributed by atoms with E-state index < -0.39 is 0 Å². The van der Waals surface area contributed by atoms with E-state index in [-0.39, 0.29) is 11.8 Å². The maximum atomic E-state index is 12.4. The Kier molecular flexibility index (Phi) is 6.80. The summed E-state index contributed by atoms with van der Waals surface area (Å²) in [7, 11) is 1.65. The van der Waals surface area contributed by atoms with Crippen LogP contribution in [0.2, 0.25) is 0 Å². The molecule has 4 aromatic rings. The Morgan fingerprint density at radius 2 is 1.79 bits per heavy atom. The van der Waals surface area contributed by atoms with Crippen LogP contribution < -0.4 is 15.4 Å². The van der Waals surface area contributed by atoms with E-state index in [0.29, 0.717) is 11.7 Å². The third-order valence-electron chi connectivity index (χ3n) is 5.02. The molecule has 0 spiro atoms. The van der Waals surface area contributed by atoms with Crippen LogP contribution in [0, 0.1) is 0 Å². The summed E-state index contributed by atoms with van der Waals surface area (Å²) in [5, 5.41) is 10.2. The maximum absolute atomic E-state index is 12.4. The molecule has 0 unspecified atom stereocenters. The van der Waals surface area contributed by atoms with E-state index in [9.17, 15) is 9.59 Å².